The summed E-state index contributed by atoms with van der Waals surface area (Å²) in [5.41, 5.74) is 19.4. The number of fused-ring (bicyclic) bond motifs is 8. The number of hydrogen-bond donors (Lipinski definition) is 6. The van der Waals surface area contributed by atoms with Crippen molar-refractivity contribution in [3.8, 4) is 0 Å². The molecule has 13 nitrogen and oxygen atoms in total. The average Bonchev–Trinajstić information content (AvgIpc) is 3.94. The smallest absolute Gasteiger partial charge is 0.323 e. The van der Waals surface area contributed by atoms with E-state index in [9.17, 15) is 24.9 Å². The van der Waals surface area contributed by atoms with E-state index in [-0.39, 0.29) is 30.3 Å². The van der Waals surface area contributed by atoms with E-state index in [0.717, 1.165) is 73.5 Å². The molecule has 0 aromatic carbocycles. The van der Waals surface area contributed by atoms with E-state index in [1.54, 1.807) is 25.8 Å². The van der Waals surface area contributed by atoms with Crippen LogP contribution in [0.2, 0.25) is 0 Å². The number of aromatic nitrogens is 4. The average molecular weight is 857 g/mol. The van der Waals surface area contributed by atoms with Gasteiger partial charge in [-0.1, -0.05) is 40.3 Å². The summed E-state index contributed by atoms with van der Waals surface area (Å²) in [5, 5.41) is 31.7. The zero-order valence-corrected chi connectivity index (χ0v) is 37.9. The molecule has 1 unspecified atom stereocenters. The van der Waals surface area contributed by atoms with Gasteiger partial charge in [-0.15, -0.1) is 11.8 Å². The lowest BCUT2D eigenvalue weighted by molar-refractivity contribution is -0.210. The van der Waals surface area contributed by atoms with Crippen molar-refractivity contribution < 1.29 is 34.4 Å². The van der Waals surface area contributed by atoms with Crippen LogP contribution in [-0.4, -0.2) is 114 Å². The highest BCUT2D eigenvalue weighted by Gasteiger charge is 2.44. The number of amides is 1. The summed E-state index contributed by atoms with van der Waals surface area (Å²) in [6.45, 7) is 20.7. The number of aryl methyl sites for hydroxylation is 3. The van der Waals surface area contributed by atoms with Gasteiger partial charge in [-0.05, 0) is 111 Å². The molecular weight excluding hydrogens is 793 g/mol. The number of rotatable bonds is 14. The van der Waals surface area contributed by atoms with E-state index in [1.165, 1.54) is 22.9 Å². The number of aliphatic hydroxyl groups is 3. The molecule has 0 saturated carbocycles. The Morgan fingerprint density at radius 3 is 2.39 bits per heavy atom. The maximum Gasteiger partial charge on any atom is 0.323 e. The minimum absolute atomic E-state index is 0.0145. The summed E-state index contributed by atoms with van der Waals surface area (Å²) in [7, 11) is 1.79. The number of nitrogens with one attached hydrogen (secondary N) is 2. The number of ether oxygens (including phenoxy) is 2. The number of nitrogens with zero attached hydrogens (tertiary/aromatic N) is 3. The number of aromatic amines is 2. The highest BCUT2D eigenvalue weighted by molar-refractivity contribution is 7.99. The Morgan fingerprint density at radius 2 is 1.70 bits per heavy atom. The lowest BCUT2D eigenvalue weighted by Crippen LogP contribution is -2.58. The first-order valence-electron chi connectivity index (χ1n) is 21.5. The fourth-order valence-corrected chi connectivity index (χ4v) is 9.61. The minimum Gasteiger partial charge on any atom is -0.462 e. The molecule has 0 aliphatic carbocycles. The molecular formula is C47H64N6O7S. The van der Waals surface area contributed by atoms with Crippen molar-refractivity contribution in [2.24, 2.45) is 11.7 Å². The van der Waals surface area contributed by atoms with Gasteiger partial charge < -0.3 is 45.4 Å². The first-order chi connectivity index (χ1) is 28.9. The number of allylic oxidation sites excluding steroid dienone is 1. The molecule has 7 N–H and O–H groups in total. The third-order valence-corrected chi connectivity index (χ3v) is 14.0. The Kier molecular flexibility index (Phi) is 14.7. The first kappa shape index (κ1) is 46.2. The molecule has 1 fully saturated rings. The van der Waals surface area contributed by atoms with Crippen LogP contribution in [0.25, 0.3) is 39.8 Å². The van der Waals surface area contributed by atoms with Gasteiger partial charge in [-0.25, -0.2) is 4.98 Å². The third-order valence-electron chi connectivity index (χ3n) is 12.7. The number of nitrogens with two attached hydrogens (primary N) is 1. The van der Waals surface area contributed by atoms with Crippen LogP contribution in [0, 0.1) is 26.7 Å². The monoisotopic (exact) mass is 856 g/mol. The topological polar surface area (TPSA) is 200 Å². The van der Waals surface area contributed by atoms with Crippen LogP contribution in [0.3, 0.4) is 0 Å². The number of carbonyl (C=O) groups is 2. The zero-order valence-electron chi connectivity index (χ0n) is 37.0. The van der Waals surface area contributed by atoms with Crippen molar-refractivity contribution in [1.29, 1.82) is 0 Å². The fourth-order valence-electron chi connectivity index (χ4n) is 8.50. The van der Waals surface area contributed by atoms with Crippen LogP contribution in [0.4, 0.5) is 0 Å². The van der Waals surface area contributed by atoms with E-state index < -0.39 is 41.9 Å². The Balaban J connectivity index is 1.17. The number of esters is 1. The molecule has 1 amide bonds. The second-order valence-electron chi connectivity index (χ2n) is 17.2. The third kappa shape index (κ3) is 9.69. The zero-order chi connectivity index (χ0) is 44.4. The molecule has 0 spiro atoms. The molecule has 0 radical (unpaired) electrons. The lowest BCUT2D eigenvalue weighted by atomic mass is 9.85. The van der Waals surface area contributed by atoms with Gasteiger partial charge in [0.25, 0.3) is 0 Å². The number of aliphatic hydroxyl groups excluding tert-OH is 3. The Labute approximate surface area is 363 Å². The molecule has 6 heterocycles. The Morgan fingerprint density at radius 1 is 1.00 bits per heavy atom. The number of thioether (sulfide) groups is 1. The van der Waals surface area contributed by atoms with Gasteiger partial charge in [0.15, 0.2) is 0 Å². The van der Waals surface area contributed by atoms with E-state index in [4.69, 9.17) is 25.2 Å². The van der Waals surface area contributed by atoms with Crippen LogP contribution in [0.5, 0.6) is 0 Å². The summed E-state index contributed by atoms with van der Waals surface area (Å²) in [6, 6.07) is 5.63. The summed E-state index contributed by atoms with van der Waals surface area (Å²) >= 11 is 1.27. The molecule has 1 saturated heterocycles. The molecule has 330 valence electrons. The molecule has 8 bridgehead atoms. The van der Waals surface area contributed by atoms with Gasteiger partial charge in [-0.2, -0.15) is 0 Å². The van der Waals surface area contributed by atoms with Gasteiger partial charge in [0.2, 0.25) is 5.91 Å². The van der Waals surface area contributed by atoms with Crippen LogP contribution in [-0.2, 0) is 25.5 Å². The summed E-state index contributed by atoms with van der Waals surface area (Å²) in [6.07, 6.45) is 1.13. The maximum atomic E-state index is 13.7. The first-order valence-corrected chi connectivity index (χ1v) is 22.5. The maximum absolute atomic E-state index is 13.7. The molecule has 61 heavy (non-hydrogen) atoms. The Hall–Kier alpha value is -4.31. The van der Waals surface area contributed by atoms with Crippen molar-refractivity contribution in [1.82, 2.24) is 24.8 Å². The van der Waals surface area contributed by atoms with Crippen molar-refractivity contribution >= 4 is 63.4 Å². The highest BCUT2D eigenvalue weighted by atomic mass is 32.2. The van der Waals surface area contributed by atoms with Gasteiger partial charge >= 0.3 is 5.97 Å². The fraction of sp³-hybridized carbons (Fsp3) is 0.532. The highest BCUT2D eigenvalue weighted by Crippen LogP contribution is 2.42. The van der Waals surface area contributed by atoms with Crippen LogP contribution < -0.4 is 5.73 Å². The molecule has 3 aromatic heterocycles. The Bertz CT molecular complexity index is 2330. The number of carbonyl (C=O) groups excluding carboxylic acids is 2. The van der Waals surface area contributed by atoms with Crippen molar-refractivity contribution in [2.45, 2.75) is 129 Å². The number of H-pyrrole nitrogens is 2. The van der Waals surface area contributed by atoms with E-state index in [0.29, 0.717) is 31.6 Å². The summed E-state index contributed by atoms with van der Waals surface area (Å²) in [5.74, 6) is -0.223. The van der Waals surface area contributed by atoms with Crippen molar-refractivity contribution in [3.05, 3.63) is 75.4 Å². The standard InChI is InChI=1S/C47H64N6O7S/c1-11-29-26(7)35-21-38-30(12-2)25(6)34(50-38)20-36-27(8)31(42(52-36)28(9)33-18-24(5)32(49-33)19-37(29)51-35)14-15-40(54)53(10)16-13-17-61-47-45(57)44(56)43(55)39(60-47)22-59-46(58)41(48)23(3)4/h12,18-21,23,27,31,39,41,43-45,47,50-51,55-57H,2,11,13-17,22,48H2,1,3-10H3/t27-,31-,39+,41?,43+,44-,45+,47-/m0/s1. The van der Waals surface area contributed by atoms with Crippen LogP contribution in [0.1, 0.15) is 116 Å². The molecule has 14 heteroatoms. The molecule has 6 rings (SSSR count). The predicted molar refractivity (Wildman–Crippen MR) is 244 cm³/mol. The van der Waals surface area contributed by atoms with Gasteiger partial charge in [0, 0.05) is 70.9 Å². The van der Waals surface area contributed by atoms with Crippen LogP contribution >= 0.6 is 11.8 Å². The van der Waals surface area contributed by atoms with Crippen LogP contribution in [0.15, 0.2) is 24.8 Å². The second kappa shape index (κ2) is 19.4. The predicted octanol–water partition coefficient (Wildman–Crippen LogP) is 6.59. The molecule has 3 aromatic rings. The number of hydrogen-bond acceptors (Lipinski definition) is 11. The quantitative estimate of drug-likeness (QED) is 0.0755. The normalized spacial score (nSPS) is 23.2. The summed E-state index contributed by atoms with van der Waals surface area (Å²) in [4.78, 5) is 45.4. The molecule has 3 aliphatic heterocycles. The molecule has 8 atom stereocenters. The summed E-state index contributed by atoms with van der Waals surface area (Å²) < 4.78 is 11.1. The molecule has 3 aliphatic rings. The lowest BCUT2D eigenvalue weighted by Gasteiger charge is -2.40. The van der Waals surface area contributed by atoms with E-state index >= 15 is 0 Å². The minimum atomic E-state index is -1.48. The van der Waals surface area contributed by atoms with Crippen molar-refractivity contribution in [2.75, 3.05) is 26.0 Å². The largest absolute Gasteiger partial charge is 0.462 e. The second-order valence-corrected chi connectivity index (χ2v) is 18.4. The van der Waals surface area contributed by atoms with E-state index in [1.807, 2.05) is 6.08 Å². The van der Waals surface area contributed by atoms with Crippen molar-refractivity contribution in [3.63, 3.8) is 0 Å². The van der Waals surface area contributed by atoms with Gasteiger partial charge in [-0.3, -0.25) is 14.6 Å². The van der Waals surface area contributed by atoms with Gasteiger partial charge in [0.1, 0.15) is 42.5 Å². The van der Waals surface area contributed by atoms with E-state index in [2.05, 4.69) is 82.4 Å². The van der Waals surface area contributed by atoms with Gasteiger partial charge in [0.05, 0.1) is 11.4 Å². The SMILES string of the molecule is C=Cc1c(C)c2cc3nc(c(C)c4nc(cc5[nH]c(cc1[nH]2)c(C)c5CC)C(C)=C4)[C@@H](CCC(=O)N(C)CCCS[C@@H]1O[C@H](COC(=O)C(N)C(C)C)[C@@H](O)[C@H](O)[C@H]1O)[C@@H]3C.